The van der Waals surface area contributed by atoms with E-state index >= 15 is 0 Å². The van der Waals surface area contributed by atoms with Gasteiger partial charge in [0.15, 0.2) is 0 Å². The third-order valence-corrected chi connectivity index (χ3v) is 2.46. The summed E-state index contributed by atoms with van der Waals surface area (Å²) >= 11 is 0. The van der Waals surface area contributed by atoms with Crippen LogP contribution in [-0.4, -0.2) is 31.3 Å². The van der Waals surface area contributed by atoms with Gasteiger partial charge >= 0.3 is 0 Å². The molecule has 1 atom stereocenters. The zero-order valence-corrected chi connectivity index (χ0v) is 11.1. The van der Waals surface area contributed by atoms with Crippen molar-refractivity contribution in [3.8, 4) is 5.88 Å². The van der Waals surface area contributed by atoms with Gasteiger partial charge in [-0.05, 0) is 26.0 Å². The molecule has 1 aromatic rings. The third kappa shape index (κ3) is 4.71. The Morgan fingerprint density at radius 2 is 2.18 bits per heavy atom. The van der Waals surface area contributed by atoms with E-state index in [1.165, 1.54) is 5.56 Å². The van der Waals surface area contributed by atoms with E-state index in [2.05, 4.69) is 23.3 Å². The summed E-state index contributed by atoms with van der Waals surface area (Å²) in [7, 11) is 1.66. The van der Waals surface area contributed by atoms with E-state index in [4.69, 9.17) is 9.47 Å². The molecule has 0 aliphatic heterocycles. The molecule has 0 amide bonds. The molecule has 17 heavy (non-hydrogen) atoms. The molecule has 0 spiro atoms. The molecule has 4 nitrogen and oxygen atoms in total. The van der Waals surface area contributed by atoms with E-state index in [0.29, 0.717) is 12.5 Å². The molecule has 1 rings (SSSR count). The summed E-state index contributed by atoms with van der Waals surface area (Å²) in [5.74, 6) is 0.660. The topological polar surface area (TPSA) is 43.4 Å². The molecule has 0 aliphatic carbocycles. The first-order valence-corrected chi connectivity index (χ1v) is 6.00. The molecule has 1 aromatic heterocycles. The van der Waals surface area contributed by atoms with Crippen molar-refractivity contribution in [1.29, 1.82) is 0 Å². The van der Waals surface area contributed by atoms with E-state index in [1.807, 2.05) is 19.9 Å². The van der Waals surface area contributed by atoms with Crippen molar-refractivity contribution in [2.75, 3.05) is 20.3 Å². The highest BCUT2D eigenvalue weighted by Gasteiger charge is 2.06. The quantitative estimate of drug-likeness (QED) is 0.788. The first-order valence-electron chi connectivity index (χ1n) is 6.00. The van der Waals surface area contributed by atoms with Crippen LogP contribution in [0.15, 0.2) is 12.1 Å². The lowest BCUT2D eigenvalue weighted by molar-refractivity contribution is 0.0888. The van der Waals surface area contributed by atoms with Crippen molar-refractivity contribution in [1.82, 2.24) is 10.3 Å². The minimum absolute atomic E-state index is 0.0199. The minimum atomic E-state index is 0.0199. The predicted octanol–water partition coefficient (Wildman–Crippen LogP) is 1.91. The van der Waals surface area contributed by atoms with E-state index in [9.17, 15) is 0 Å². The summed E-state index contributed by atoms with van der Waals surface area (Å²) in [5, 5.41) is 3.29. The van der Waals surface area contributed by atoms with Crippen LogP contribution in [0.2, 0.25) is 0 Å². The van der Waals surface area contributed by atoms with Crippen molar-refractivity contribution >= 4 is 0 Å². The SMILES string of the molecule is CCNCc1ccc(OC(C)COC)nc1C. The molecule has 1 N–H and O–H groups in total. The third-order valence-electron chi connectivity index (χ3n) is 2.46. The Balaban J connectivity index is 2.61. The standard InChI is InChI=1S/C13H22N2O2/c1-5-14-8-12-6-7-13(15-11(12)3)17-10(2)9-16-4/h6-7,10,14H,5,8-9H2,1-4H3. The fourth-order valence-corrected chi connectivity index (χ4v) is 1.55. The second kappa shape index (κ2) is 7.25. The molecule has 1 heterocycles. The van der Waals surface area contributed by atoms with E-state index in [-0.39, 0.29) is 6.10 Å². The number of aryl methyl sites for hydroxylation is 1. The summed E-state index contributed by atoms with van der Waals surface area (Å²) in [4.78, 5) is 4.43. The fourth-order valence-electron chi connectivity index (χ4n) is 1.55. The van der Waals surface area contributed by atoms with Crippen LogP contribution in [0.5, 0.6) is 5.88 Å². The van der Waals surface area contributed by atoms with Gasteiger partial charge in [0, 0.05) is 25.4 Å². The average molecular weight is 238 g/mol. The summed E-state index contributed by atoms with van der Waals surface area (Å²) < 4.78 is 10.7. The summed E-state index contributed by atoms with van der Waals surface area (Å²) in [6, 6.07) is 3.96. The number of pyridine rings is 1. The monoisotopic (exact) mass is 238 g/mol. The largest absolute Gasteiger partial charge is 0.472 e. The van der Waals surface area contributed by atoms with Gasteiger partial charge in [-0.1, -0.05) is 13.0 Å². The predicted molar refractivity (Wildman–Crippen MR) is 68.3 cm³/mol. The summed E-state index contributed by atoms with van der Waals surface area (Å²) in [6.45, 7) is 8.44. The second-order valence-electron chi connectivity index (χ2n) is 4.06. The van der Waals surface area contributed by atoms with Crippen molar-refractivity contribution in [2.24, 2.45) is 0 Å². The maximum atomic E-state index is 5.64. The van der Waals surface area contributed by atoms with Crippen molar-refractivity contribution in [3.05, 3.63) is 23.4 Å². The van der Waals surface area contributed by atoms with Crippen LogP contribution >= 0.6 is 0 Å². The molecule has 0 saturated carbocycles. The van der Waals surface area contributed by atoms with Gasteiger partial charge in [-0.2, -0.15) is 0 Å². The molecular weight excluding hydrogens is 216 g/mol. The number of hydrogen-bond donors (Lipinski definition) is 1. The van der Waals surface area contributed by atoms with Gasteiger partial charge in [0.25, 0.3) is 0 Å². The molecule has 96 valence electrons. The van der Waals surface area contributed by atoms with Crippen LogP contribution in [0.25, 0.3) is 0 Å². The van der Waals surface area contributed by atoms with Crippen LogP contribution < -0.4 is 10.1 Å². The first-order chi connectivity index (χ1) is 8.17. The van der Waals surface area contributed by atoms with Gasteiger partial charge in [-0.3, -0.25) is 0 Å². The normalized spacial score (nSPS) is 12.5. The number of nitrogens with zero attached hydrogens (tertiary/aromatic N) is 1. The zero-order valence-electron chi connectivity index (χ0n) is 11.1. The van der Waals surface area contributed by atoms with Gasteiger partial charge in [-0.15, -0.1) is 0 Å². The van der Waals surface area contributed by atoms with Crippen LogP contribution in [0.4, 0.5) is 0 Å². The van der Waals surface area contributed by atoms with Crippen molar-refractivity contribution in [2.45, 2.75) is 33.4 Å². The molecule has 0 aliphatic rings. The molecule has 0 fully saturated rings. The lowest BCUT2D eigenvalue weighted by Crippen LogP contribution is -2.19. The number of methoxy groups -OCH3 is 1. The number of nitrogens with one attached hydrogen (secondary N) is 1. The smallest absolute Gasteiger partial charge is 0.213 e. The van der Waals surface area contributed by atoms with Crippen LogP contribution in [0, 0.1) is 6.92 Å². The van der Waals surface area contributed by atoms with Crippen LogP contribution in [0.1, 0.15) is 25.1 Å². The van der Waals surface area contributed by atoms with E-state index < -0.39 is 0 Å². The zero-order chi connectivity index (χ0) is 12.7. The number of rotatable bonds is 7. The van der Waals surface area contributed by atoms with Crippen molar-refractivity contribution in [3.63, 3.8) is 0 Å². The molecule has 0 bridgehead atoms. The lowest BCUT2D eigenvalue weighted by Gasteiger charge is -2.14. The summed E-state index contributed by atoms with van der Waals surface area (Å²) in [6.07, 6.45) is 0.0199. The van der Waals surface area contributed by atoms with Gasteiger partial charge < -0.3 is 14.8 Å². The van der Waals surface area contributed by atoms with Gasteiger partial charge in [-0.25, -0.2) is 4.98 Å². The van der Waals surface area contributed by atoms with E-state index in [0.717, 1.165) is 18.8 Å². The van der Waals surface area contributed by atoms with Crippen molar-refractivity contribution < 1.29 is 9.47 Å². The number of ether oxygens (including phenoxy) is 2. The Kier molecular flexibility index (Phi) is 5.94. The second-order valence-corrected chi connectivity index (χ2v) is 4.06. The Morgan fingerprint density at radius 1 is 1.41 bits per heavy atom. The maximum absolute atomic E-state index is 5.64. The highest BCUT2D eigenvalue weighted by atomic mass is 16.5. The Labute approximate surface area is 103 Å². The Hall–Kier alpha value is -1.13. The summed E-state index contributed by atoms with van der Waals surface area (Å²) in [5.41, 5.74) is 2.21. The molecule has 0 saturated heterocycles. The molecule has 1 unspecified atom stereocenters. The minimum Gasteiger partial charge on any atom is -0.472 e. The highest BCUT2D eigenvalue weighted by molar-refractivity contribution is 5.24. The average Bonchev–Trinajstić information content (AvgIpc) is 2.28. The molecule has 0 radical (unpaired) electrons. The fraction of sp³-hybridized carbons (Fsp3) is 0.615. The first kappa shape index (κ1) is 13.9. The molecular formula is C13H22N2O2. The molecule has 4 heteroatoms. The maximum Gasteiger partial charge on any atom is 0.213 e. The Bertz CT molecular complexity index is 342. The molecule has 0 aromatic carbocycles. The van der Waals surface area contributed by atoms with Gasteiger partial charge in [0.1, 0.15) is 6.10 Å². The Morgan fingerprint density at radius 3 is 2.76 bits per heavy atom. The van der Waals surface area contributed by atoms with Crippen LogP contribution in [0.3, 0.4) is 0 Å². The number of hydrogen-bond acceptors (Lipinski definition) is 4. The van der Waals surface area contributed by atoms with Gasteiger partial charge in [0.2, 0.25) is 5.88 Å². The van der Waals surface area contributed by atoms with Crippen LogP contribution in [-0.2, 0) is 11.3 Å². The highest BCUT2D eigenvalue weighted by Crippen LogP contribution is 2.13. The number of aromatic nitrogens is 1. The lowest BCUT2D eigenvalue weighted by atomic mass is 10.2. The van der Waals surface area contributed by atoms with Gasteiger partial charge in [0.05, 0.1) is 6.61 Å². The van der Waals surface area contributed by atoms with E-state index in [1.54, 1.807) is 7.11 Å².